The van der Waals surface area contributed by atoms with Crippen molar-refractivity contribution in [1.82, 2.24) is 14.9 Å². The first-order valence-electron chi connectivity index (χ1n) is 7.38. The molecule has 0 unspecified atom stereocenters. The third-order valence-electron chi connectivity index (χ3n) is 3.93. The predicted molar refractivity (Wildman–Crippen MR) is 87.9 cm³/mol. The van der Waals surface area contributed by atoms with Gasteiger partial charge in [0, 0.05) is 50.1 Å². The van der Waals surface area contributed by atoms with Crippen LogP contribution in [0.25, 0.3) is 0 Å². The van der Waals surface area contributed by atoms with Gasteiger partial charge in [-0.05, 0) is 23.8 Å². The maximum absolute atomic E-state index is 11.1. The number of anilines is 1. The van der Waals surface area contributed by atoms with Crippen LogP contribution < -0.4 is 4.90 Å². The molecule has 120 valence electrons. The van der Waals surface area contributed by atoms with Crippen LogP contribution in [-0.2, 0) is 6.54 Å². The summed E-state index contributed by atoms with van der Waals surface area (Å²) in [6.45, 7) is 4.09. The fourth-order valence-corrected chi connectivity index (χ4v) is 2.84. The molecule has 0 amide bonds. The second-order valence-electron chi connectivity index (χ2n) is 5.44. The minimum Gasteiger partial charge on any atom is -0.478 e. The van der Waals surface area contributed by atoms with Crippen LogP contribution in [0.1, 0.15) is 15.9 Å². The average Bonchev–Trinajstić information content (AvgIpc) is 2.58. The molecule has 23 heavy (non-hydrogen) atoms. The second-order valence-corrected chi connectivity index (χ2v) is 5.85. The van der Waals surface area contributed by atoms with Gasteiger partial charge in [0.25, 0.3) is 0 Å². The Morgan fingerprint density at radius 3 is 2.65 bits per heavy atom. The molecule has 1 aliphatic rings. The molecule has 1 aromatic heterocycles. The van der Waals surface area contributed by atoms with E-state index >= 15 is 0 Å². The molecule has 1 saturated heterocycles. The lowest BCUT2D eigenvalue weighted by molar-refractivity contribution is 0.0696. The number of rotatable bonds is 4. The Kier molecular flexibility index (Phi) is 4.73. The Bertz CT molecular complexity index is 688. The first-order chi connectivity index (χ1) is 11.1. The number of carboxylic acids is 1. The maximum Gasteiger partial charge on any atom is 0.335 e. The quantitative estimate of drug-likeness (QED) is 0.925. The molecule has 6 nitrogen and oxygen atoms in total. The zero-order chi connectivity index (χ0) is 16.2. The maximum atomic E-state index is 11.1. The normalized spacial score (nSPS) is 15.6. The summed E-state index contributed by atoms with van der Waals surface area (Å²) in [5, 5.41) is 9.69. The summed E-state index contributed by atoms with van der Waals surface area (Å²) in [6.07, 6.45) is 5.12. The highest BCUT2D eigenvalue weighted by Crippen LogP contribution is 2.21. The number of piperazine rings is 1. The number of carbonyl (C=O) groups is 1. The Hall–Kier alpha value is -2.18. The fourth-order valence-electron chi connectivity index (χ4n) is 2.66. The molecule has 2 aromatic rings. The van der Waals surface area contributed by atoms with E-state index in [-0.39, 0.29) is 5.56 Å². The highest BCUT2D eigenvalue weighted by atomic mass is 35.5. The minimum absolute atomic E-state index is 0.266. The van der Waals surface area contributed by atoms with E-state index in [4.69, 9.17) is 16.7 Å². The summed E-state index contributed by atoms with van der Waals surface area (Å²) in [7, 11) is 0. The van der Waals surface area contributed by atoms with Crippen LogP contribution in [0.5, 0.6) is 0 Å². The standard InChI is InChI=1S/C16H17ClN4O2/c17-14-2-1-12(16(22)23)9-13(14)11-20-5-7-21(8-6-20)15-10-18-3-4-19-15/h1-4,9-10H,5-8,11H2,(H,22,23). The number of aromatic nitrogens is 2. The SMILES string of the molecule is O=C(O)c1ccc(Cl)c(CN2CCN(c3cnccn3)CC2)c1. The molecule has 0 saturated carbocycles. The third-order valence-corrected chi connectivity index (χ3v) is 4.30. The van der Waals surface area contributed by atoms with Crippen LogP contribution in [0, 0.1) is 0 Å². The molecule has 0 atom stereocenters. The van der Waals surface area contributed by atoms with E-state index in [1.807, 2.05) is 0 Å². The van der Waals surface area contributed by atoms with Crippen molar-refractivity contribution in [1.29, 1.82) is 0 Å². The lowest BCUT2D eigenvalue weighted by Crippen LogP contribution is -2.46. The van der Waals surface area contributed by atoms with Gasteiger partial charge in [0.2, 0.25) is 0 Å². The van der Waals surface area contributed by atoms with Crippen LogP contribution >= 0.6 is 11.6 Å². The van der Waals surface area contributed by atoms with E-state index in [2.05, 4.69) is 19.8 Å². The summed E-state index contributed by atoms with van der Waals surface area (Å²) < 4.78 is 0. The molecule has 0 radical (unpaired) electrons. The van der Waals surface area contributed by atoms with Crippen molar-refractivity contribution in [2.75, 3.05) is 31.1 Å². The topological polar surface area (TPSA) is 69.6 Å². The molecule has 3 rings (SSSR count). The summed E-state index contributed by atoms with van der Waals surface area (Å²) in [5.41, 5.74) is 1.11. The predicted octanol–water partition coefficient (Wildman–Crippen LogP) is 2.15. The smallest absolute Gasteiger partial charge is 0.335 e. The van der Waals surface area contributed by atoms with Gasteiger partial charge in [-0.2, -0.15) is 0 Å². The Morgan fingerprint density at radius 2 is 2.00 bits per heavy atom. The van der Waals surface area contributed by atoms with Crippen molar-refractivity contribution < 1.29 is 9.90 Å². The Morgan fingerprint density at radius 1 is 1.22 bits per heavy atom. The monoisotopic (exact) mass is 332 g/mol. The number of nitrogens with zero attached hydrogens (tertiary/aromatic N) is 4. The number of aromatic carboxylic acids is 1. The molecule has 1 aromatic carbocycles. The number of halogens is 1. The van der Waals surface area contributed by atoms with Crippen molar-refractivity contribution >= 4 is 23.4 Å². The molecular weight excluding hydrogens is 316 g/mol. The van der Waals surface area contributed by atoms with E-state index in [1.54, 1.807) is 30.7 Å². The highest BCUT2D eigenvalue weighted by Gasteiger charge is 2.19. The van der Waals surface area contributed by atoms with E-state index in [1.165, 1.54) is 6.07 Å². The van der Waals surface area contributed by atoms with Crippen LogP contribution in [0.4, 0.5) is 5.82 Å². The van der Waals surface area contributed by atoms with Crippen LogP contribution in [0.3, 0.4) is 0 Å². The molecule has 0 spiro atoms. The molecule has 7 heteroatoms. The van der Waals surface area contributed by atoms with Gasteiger partial charge in [0.15, 0.2) is 0 Å². The zero-order valence-corrected chi connectivity index (χ0v) is 13.3. The molecule has 0 bridgehead atoms. The second kappa shape index (κ2) is 6.93. The number of carboxylic acid groups (broad SMARTS) is 1. The van der Waals surface area contributed by atoms with Crippen molar-refractivity contribution in [3.8, 4) is 0 Å². The summed E-state index contributed by atoms with van der Waals surface area (Å²) in [6, 6.07) is 4.83. The minimum atomic E-state index is -0.935. The van der Waals surface area contributed by atoms with Crippen LogP contribution in [0.15, 0.2) is 36.8 Å². The van der Waals surface area contributed by atoms with Gasteiger partial charge >= 0.3 is 5.97 Å². The third kappa shape index (κ3) is 3.78. The van der Waals surface area contributed by atoms with Gasteiger partial charge in [0.05, 0.1) is 11.8 Å². The van der Waals surface area contributed by atoms with Gasteiger partial charge in [-0.1, -0.05) is 11.6 Å². The molecule has 1 aliphatic heterocycles. The molecular formula is C16H17ClN4O2. The van der Waals surface area contributed by atoms with Crippen LogP contribution in [-0.4, -0.2) is 52.1 Å². The molecule has 1 fully saturated rings. The fraction of sp³-hybridized carbons (Fsp3) is 0.312. The first kappa shape index (κ1) is 15.7. The Labute approximate surface area is 139 Å². The summed E-state index contributed by atoms with van der Waals surface area (Å²) in [4.78, 5) is 23.9. The van der Waals surface area contributed by atoms with E-state index in [9.17, 15) is 4.79 Å². The van der Waals surface area contributed by atoms with E-state index in [0.717, 1.165) is 37.6 Å². The Balaban J connectivity index is 1.63. The number of hydrogen-bond donors (Lipinski definition) is 1. The van der Waals surface area contributed by atoms with Gasteiger partial charge in [-0.3, -0.25) is 9.88 Å². The molecule has 2 heterocycles. The van der Waals surface area contributed by atoms with E-state index in [0.29, 0.717) is 11.6 Å². The highest BCUT2D eigenvalue weighted by molar-refractivity contribution is 6.31. The van der Waals surface area contributed by atoms with Crippen molar-refractivity contribution in [3.63, 3.8) is 0 Å². The average molecular weight is 333 g/mol. The van der Waals surface area contributed by atoms with Gasteiger partial charge < -0.3 is 10.0 Å². The van der Waals surface area contributed by atoms with Crippen molar-refractivity contribution in [2.45, 2.75) is 6.54 Å². The number of hydrogen-bond acceptors (Lipinski definition) is 5. The number of benzene rings is 1. The summed E-state index contributed by atoms with van der Waals surface area (Å²) in [5.74, 6) is -0.0477. The molecule has 0 aliphatic carbocycles. The van der Waals surface area contributed by atoms with Gasteiger partial charge in [-0.25, -0.2) is 9.78 Å². The largest absolute Gasteiger partial charge is 0.478 e. The van der Waals surface area contributed by atoms with Gasteiger partial charge in [-0.15, -0.1) is 0 Å². The van der Waals surface area contributed by atoms with Crippen molar-refractivity contribution in [2.24, 2.45) is 0 Å². The van der Waals surface area contributed by atoms with Gasteiger partial charge in [0.1, 0.15) is 5.82 Å². The summed E-state index contributed by atoms with van der Waals surface area (Å²) >= 11 is 6.20. The lowest BCUT2D eigenvalue weighted by atomic mass is 10.1. The first-order valence-corrected chi connectivity index (χ1v) is 7.76. The van der Waals surface area contributed by atoms with Crippen molar-refractivity contribution in [3.05, 3.63) is 52.9 Å². The van der Waals surface area contributed by atoms with E-state index < -0.39 is 5.97 Å². The molecule has 1 N–H and O–H groups in total. The van der Waals surface area contributed by atoms with Crippen LogP contribution in [0.2, 0.25) is 5.02 Å². The lowest BCUT2D eigenvalue weighted by Gasteiger charge is -2.35. The zero-order valence-electron chi connectivity index (χ0n) is 12.5.